The van der Waals surface area contributed by atoms with E-state index < -0.39 is 9.84 Å². The molecule has 0 spiro atoms. The molecule has 0 aromatic carbocycles. The van der Waals surface area contributed by atoms with E-state index in [1.54, 1.807) is 18.3 Å². The fraction of sp³-hybridized carbons (Fsp3) is 0.429. The van der Waals surface area contributed by atoms with Gasteiger partial charge in [0.1, 0.15) is 5.82 Å². The number of rotatable bonds is 3. The Bertz CT molecular complexity index is 749. The summed E-state index contributed by atoms with van der Waals surface area (Å²) in [6.07, 6.45) is 8.01. The molecule has 1 fully saturated rings. The summed E-state index contributed by atoms with van der Waals surface area (Å²) in [5.41, 5.74) is 0. The van der Waals surface area contributed by atoms with E-state index in [0.29, 0.717) is 11.1 Å². The Kier molecular flexibility index (Phi) is 4.10. The molecule has 22 heavy (non-hydrogen) atoms. The third-order valence-corrected chi connectivity index (χ3v) is 5.17. The van der Waals surface area contributed by atoms with Gasteiger partial charge in [0, 0.05) is 31.7 Å². The number of anilines is 1. The first kappa shape index (κ1) is 15.3. The molecule has 0 atom stereocenters. The molecular formula is C14H17ClN4O2S. The maximum absolute atomic E-state index is 11.4. The van der Waals surface area contributed by atoms with Gasteiger partial charge in [-0.3, -0.25) is 4.68 Å². The molecule has 118 valence electrons. The fourth-order valence-corrected chi connectivity index (χ4v) is 3.36. The SMILES string of the molecule is CS(=O)(=O)c1ccc(N2CCC(n3cc(Cl)cn3)CC2)nc1. The molecule has 0 unspecified atom stereocenters. The number of pyridine rings is 1. The number of nitrogens with zero attached hydrogens (tertiary/aromatic N) is 4. The normalized spacial score (nSPS) is 16.9. The summed E-state index contributed by atoms with van der Waals surface area (Å²) in [4.78, 5) is 6.68. The van der Waals surface area contributed by atoms with Gasteiger partial charge in [-0.2, -0.15) is 5.10 Å². The van der Waals surface area contributed by atoms with E-state index in [0.717, 1.165) is 31.7 Å². The quantitative estimate of drug-likeness (QED) is 0.856. The lowest BCUT2D eigenvalue weighted by Crippen LogP contribution is -2.35. The number of sulfone groups is 1. The first-order valence-corrected chi connectivity index (χ1v) is 9.31. The van der Waals surface area contributed by atoms with Crippen molar-refractivity contribution < 1.29 is 8.42 Å². The first-order valence-electron chi connectivity index (χ1n) is 7.04. The van der Waals surface area contributed by atoms with Crippen LogP contribution in [0.15, 0.2) is 35.6 Å². The van der Waals surface area contributed by atoms with Crippen molar-refractivity contribution in [2.75, 3.05) is 24.2 Å². The Balaban J connectivity index is 1.66. The lowest BCUT2D eigenvalue weighted by molar-refractivity contribution is 0.366. The van der Waals surface area contributed by atoms with Gasteiger partial charge in [0.15, 0.2) is 9.84 Å². The molecule has 0 saturated carbocycles. The molecule has 8 heteroatoms. The summed E-state index contributed by atoms with van der Waals surface area (Å²) in [5.74, 6) is 0.810. The highest BCUT2D eigenvalue weighted by atomic mass is 35.5. The molecule has 1 aliphatic heterocycles. The van der Waals surface area contributed by atoms with E-state index in [9.17, 15) is 8.42 Å². The average Bonchev–Trinajstić information content (AvgIpc) is 2.93. The summed E-state index contributed by atoms with van der Waals surface area (Å²) in [5, 5.41) is 4.91. The van der Waals surface area contributed by atoms with Crippen LogP contribution in [-0.4, -0.2) is 42.5 Å². The number of piperidine rings is 1. The van der Waals surface area contributed by atoms with E-state index in [1.807, 2.05) is 10.9 Å². The summed E-state index contributed by atoms with van der Waals surface area (Å²) in [7, 11) is -3.20. The zero-order valence-corrected chi connectivity index (χ0v) is 13.8. The Hall–Kier alpha value is -1.60. The lowest BCUT2D eigenvalue weighted by atomic mass is 10.1. The smallest absolute Gasteiger partial charge is 0.177 e. The minimum Gasteiger partial charge on any atom is -0.356 e. The third-order valence-electron chi connectivity index (χ3n) is 3.88. The molecule has 3 rings (SSSR count). The zero-order valence-electron chi connectivity index (χ0n) is 12.2. The highest BCUT2D eigenvalue weighted by Gasteiger charge is 2.22. The van der Waals surface area contributed by atoms with E-state index >= 15 is 0 Å². The second-order valence-corrected chi connectivity index (χ2v) is 7.93. The minimum absolute atomic E-state index is 0.248. The Labute approximate surface area is 134 Å². The van der Waals surface area contributed by atoms with Crippen molar-refractivity contribution in [3.63, 3.8) is 0 Å². The second-order valence-electron chi connectivity index (χ2n) is 5.48. The maximum atomic E-state index is 11.4. The van der Waals surface area contributed by atoms with Crippen LogP contribution >= 0.6 is 11.6 Å². The maximum Gasteiger partial charge on any atom is 0.177 e. The topological polar surface area (TPSA) is 68.1 Å². The number of halogens is 1. The van der Waals surface area contributed by atoms with Crippen molar-refractivity contribution in [2.24, 2.45) is 0 Å². The van der Waals surface area contributed by atoms with Crippen LogP contribution in [0.2, 0.25) is 5.02 Å². The van der Waals surface area contributed by atoms with Crippen molar-refractivity contribution in [2.45, 2.75) is 23.8 Å². The molecule has 0 N–H and O–H groups in total. The molecule has 0 bridgehead atoms. The van der Waals surface area contributed by atoms with Gasteiger partial charge in [-0.05, 0) is 25.0 Å². The molecule has 1 saturated heterocycles. The van der Waals surface area contributed by atoms with Crippen LogP contribution in [0.1, 0.15) is 18.9 Å². The highest BCUT2D eigenvalue weighted by Crippen LogP contribution is 2.26. The van der Waals surface area contributed by atoms with Crippen molar-refractivity contribution in [3.05, 3.63) is 35.7 Å². The number of hydrogen-bond acceptors (Lipinski definition) is 5. The number of aromatic nitrogens is 3. The molecule has 0 radical (unpaired) electrons. The van der Waals surface area contributed by atoms with Crippen LogP contribution < -0.4 is 4.90 Å². The van der Waals surface area contributed by atoms with Gasteiger partial charge in [-0.15, -0.1) is 0 Å². The van der Waals surface area contributed by atoms with Crippen LogP contribution in [0, 0.1) is 0 Å². The molecule has 2 aromatic heterocycles. The van der Waals surface area contributed by atoms with Gasteiger partial charge in [-0.25, -0.2) is 13.4 Å². The lowest BCUT2D eigenvalue weighted by Gasteiger charge is -2.32. The van der Waals surface area contributed by atoms with Gasteiger partial charge in [0.2, 0.25) is 0 Å². The minimum atomic E-state index is -3.20. The average molecular weight is 341 g/mol. The van der Waals surface area contributed by atoms with Crippen molar-refractivity contribution in [1.82, 2.24) is 14.8 Å². The molecular weight excluding hydrogens is 324 g/mol. The summed E-state index contributed by atoms with van der Waals surface area (Å²) in [6, 6.07) is 3.72. The summed E-state index contributed by atoms with van der Waals surface area (Å²) >= 11 is 5.90. The van der Waals surface area contributed by atoms with Crippen molar-refractivity contribution in [3.8, 4) is 0 Å². The van der Waals surface area contributed by atoms with Crippen molar-refractivity contribution >= 4 is 27.3 Å². The molecule has 2 aromatic rings. The standard InChI is InChI=1S/C14H17ClN4O2S/c1-22(20,21)13-2-3-14(16-9-13)18-6-4-12(5-7-18)19-10-11(15)8-17-19/h2-3,8-10,12H,4-7H2,1H3. The van der Waals surface area contributed by atoms with Gasteiger partial charge in [-0.1, -0.05) is 11.6 Å². The monoisotopic (exact) mass is 340 g/mol. The van der Waals surface area contributed by atoms with Crippen LogP contribution in [0.5, 0.6) is 0 Å². The first-order chi connectivity index (χ1) is 10.4. The Morgan fingerprint density at radius 1 is 1.23 bits per heavy atom. The highest BCUT2D eigenvalue weighted by molar-refractivity contribution is 7.90. The van der Waals surface area contributed by atoms with E-state index in [2.05, 4.69) is 15.0 Å². The third kappa shape index (κ3) is 3.25. The zero-order chi connectivity index (χ0) is 15.7. The van der Waals surface area contributed by atoms with Crippen LogP contribution in [0.3, 0.4) is 0 Å². The predicted molar refractivity (Wildman–Crippen MR) is 85.1 cm³/mol. The van der Waals surface area contributed by atoms with Gasteiger partial charge >= 0.3 is 0 Å². The van der Waals surface area contributed by atoms with E-state index in [-0.39, 0.29) is 4.90 Å². The van der Waals surface area contributed by atoms with E-state index in [1.165, 1.54) is 12.5 Å². The molecule has 0 amide bonds. The summed E-state index contributed by atoms with van der Waals surface area (Å²) < 4.78 is 24.8. The van der Waals surface area contributed by atoms with Crippen LogP contribution in [-0.2, 0) is 9.84 Å². The molecule has 0 aliphatic carbocycles. The van der Waals surface area contributed by atoms with Crippen molar-refractivity contribution in [1.29, 1.82) is 0 Å². The second kappa shape index (κ2) is 5.89. The van der Waals surface area contributed by atoms with Gasteiger partial charge in [0.25, 0.3) is 0 Å². The van der Waals surface area contributed by atoms with E-state index in [4.69, 9.17) is 11.6 Å². The van der Waals surface area contributed by atoms with Crippen LogP contribution in [0.25, 0.3) is 0 Å². The fourth-order valence-electron chi connectivity index (χ4n) is 2.65. The predicted octanol–water partition coefficient (Wildman–Crippen LogP) is 2.18. The van der Waals surface area contributed by atoms with Gasteiger partial charge < -0.3 is 4.90 Å². The summed E-state index contributed by atoms with van der Waals surface area (Å²) in [6.45, 7) is 1.71. The van der Waals surface area contributed by atoms with Gasteiger partial charge in [0.05, 0.1) is 22.2 Å². The Morgan fingerprint density at radius 3 is 2.45 bits per heavy atom. The van der Waals surface area contributed by atoms with Crippen LogP contribution in [0.4, 0.5) is 5.82 Å². The Morgan fingerprint density at radius 2 is 1.95 bits per heavy atom. The molecule has 1 aliphatic rings. The molecule has 6 nitrogen and oxygen atoms in total. The largest absolute Gasteiger partial charge is 0.356 e. The molecule has 3 heterocycles. The number of hydrogen-bond donors (Lipinski definition) is 0.